The summed E-state index contributed by atoms with van der Waals surface area (Å²) in [4.78, 5) is 14.4. The minimum absolute atomic E-state index is 0.271. The molecule has 0 aliphatic carbocycles. The Kier molecular flexibility index (Phi) is 4.60. The van der Waals surface area contributed by atoms with Gasteiger partial charge in [-0.1, -0.05) is 0 Å². The fraction of sp³-hybridized carbons (Fsp3) is 0.364. The molecule has 0 unspecified atom stereocenters. The summed E-state index contributed by atoms with van der Waals surface area (Å²) in [6.07, 6.45) is -8.33. The van der Waals surface area contributed by atoms with E-state index in [0.717, 1.165) is 0 Å². The molecule has 9 heteroatoms. The molecule has 0 saturated heterocycles. The van der Waals surface area contributed by atoms with Gasteiger partial charge in [0.2, 0.25) is 0 Å². The van der Waals surface area contributed by atoms with Crippen molar-refractivity contribution in [1.29, 1.82) is 5.26 Å². The Bertz CT molecular complexity index is 563. The van der Waals surface area contributed by atoms with Crippen LogP contribution in [0.2, 0.25) is 0 Å². The SMILES string of the molecule is CCOC(=O)c1c(C#N)cnc(C(F)F)c1C(F)(F)F. The first-order valence-electron chi connectivity index (χ1n) is 5.19. The van der Waals surface area contributed by atoms with Crippen molar-refractivity contribution in [3.8, 4) is 6.07 Å². The average Bonchev–Trinajstić information content (AvgIpc) is 2.35. The fourth-order valence-corrected chi connectivity index (χ4v) is 1.48. The van der Waals surface area contributed by atoms with Crippen LogP contribution in [-0.4, -0.2) is 17.6 Å². The van der Waals surface area contributed by atoms with Crippen LogP contribution >= 0.6 is 0 Å². The van der Waals surface area contributed by atoms with Gasteiger partial charge in [0.25, 0.3) is 6.43 Å². The van der Waals surface area contributed by atoms with E-state index in [1.807, 2.05) is 0 Å². The van der Waals surface area contributed by atoms with Crippen LogP contribution in [0.15, 0.2) is 6.20 Å². The molecule has 4 nitrogen and oxygen atoms in total. The molecule has 1 aromatic heterocycles. The van der Waals surface area contributed by atoms with Crippen molar-refractivity contribution in [2.75, 3.05) is 6.61 Å². The molecule has 0 N–H and O–H groups in total. The van der Waals surface area contributed by atoms with E-state index in [4.69, 9.17) is 5.26 Å². The molecule has 0 amide bonds. The van der Waals surface area contributed by atoms with Crippen LogP contribution in [0.5, 0.6) is 0 Å². The summed E-state index contributed by atoms with van der Waals surface area (Å²) < 4.78 is 68.3. The Balaban J connectivity index is 3.71. The van der Waals surface area contributed by atoms with Crippen molar-refractivity contribution in [1.82, 2.24) is 4.98 Å². The van der Waals surface area contributed by atoms with Crippen LogP contribution in [0.25, 0.3) is 0 Å². The largest absolute Gasteiger partial charge is 0.462 e. The maximum Gasteiger partial charge on any atom is 0.419 e. The van der Waals surface area contributed by atoms with E-state index in [1.54, 1.807) is 0 Å². The molecule has 0 saturated carbocycles. The van der Waals surface area contributed by atoms with Gasteiger partial charge in [0.15, 0.2) is 0 Å². The van der Waals surface area contributed by atoms with Gasteiger partial charge in [-0.15, -0.1) is 0 Å². The first kappa shape index (κ1) is 15.8. The second-order valence-corrected chi connectivity index (χ2v) is 3.44. The number of esters is 1. The molecule has 0 aliphatic heterocycles. The number of pyridine rings is 1. The van der Waals surface area contributed by atoms with Crippen LogP contribution in [0, 0.1) is 11.3 Å². The zero-order chi connectivity index (χ0) is 15.5. The van der Waals surface area contributed by atoms with Gasteiger partial charge in [0.1, 0.15) is 11.8 Å². The Morgan fingerprint density at radius 3 is 2.50 bits per heavy atom. The number of rotatable bonds is 3. The van der Waals surface area contributed by atoms with Gasteiger partial charge in [-0.05, 0) is 6.92 Å². The van der Waals surface area contributed by atoms with Gasteiger partial charge in [-0.2, -0.15) is 18.4 Å². The molecule has 0 fully saturated rings. The van der Waals surface area contributed by atoms with E-state index < -0.39 is 41.0 Å². The number of carbonyl (C=O) groups is 1. The van der Waals surface area contributed by atoms with Crippen molar-refractivity contribution in [2.24, 2.45) is 0 Å². The molecule has 108 valence electrons. The molecule has 0 aromatic carbocycles. The summed E-state index contributed by atoms with van der Waals surface area (Å²) in [5.41, 5.74) is -5.57. The lowest BCUT2D eigenvalue weighted by molar-refractivity contribution is -0.140. The smallest absolute Gasteiger partial charge is 0.419 e. The van der Waals surface area contributed by atoms with Gasteiger partial charge in [0, 0.05) is 6.20 Å². The number of nitriles is 1. The predicted molar refractivity (Wildman–Crippen MR) is 54.9 cm³/mol. The van der Waals surface area contributed by atoms with Gasteiger partial charge < -0.3 is 4.74 Å². The third kappa shape index (κ3) is 3.01. The average molecular weight is 294 g/mol. The van der Waals surface area contributed by atoms with Gasteiger partial charge >= 0.3 is 12.1 Å². The number of ether oxygens (including phenoxy) is 1. The lowest BCUT2D eigenvalue weighted by atomic mass is 10.0. The van der Waals surface area contributed by atoms with Crippen molar-refractivity contribution in [3.05, 3.63) is 28.6 Å². The number of nitrogens with zero attached hydrogens (tertiary/aromatic N) is 2. The zero-order valence-electron chi connectivity index (χ0n) is 9.96. The summed E-state index contributed by atoms with van der Waals surface area (Å²) >= 11 is 0. The van der Waals surface area contributed by atoms with E-state index in [1.165, 1.54) is 13.0 Å². The minimum atomic E-state index is -5.27. The summed E-state index contributed by atoms with van der Waals surface area (Å²) in [6.45, 7) is 1.06. The molecule has 1 aromatic rings. The Labute approximate surface area is 109 Å². The van der Waals surface area contributed by atoms with Crippen molar-refractivity contribution in [3.63, 3.8) is 0 Å². The van der Waals surface area contributed by atoms with Crippen LogP contribution in [0.4, 0.5) is 22.0 Å². The molecular formula is C11H7F5N2O2. The highest BCUT2D eigenvalue weighted by Crippen LogP contribution is 2.38. The van der Waals surface area contributed by atoms with Crippen LogP contribution in [0.1, 0.15) is 40.5 Å². The Morgan fingerprint density at radius 1 is 1.50 bits per heavy atom. The molecule has 1 heterocycles. The third-order valence-corrected chi connectivity index (χ3v) is 2.20. The third-order valence-electron chi connectivity index (χ3n) is 2.20. The molecule has 1 rings (SSSR count). The molecule has 0 spiro atoms. The van der Waals surface area contributed by atoms with E-state index in [-0.39, 0.29) is 6.61 Å². The van der Waals surface area contributed by atoms with E-state index in [9.17, 15) is 26.7 Å². The standard InChI is InChI=1S/C11H7F5N2O2/c1-2-20-10(19)6-5(3-17)4-18-8(9(12)13)7(6)11(14,15)16/h4,9H,2H2,1H3. The van der Waals surface area contributed by atoms with Crippen molar-refractivity contribution in [2.45, 2.75) is 19.5 Å². The van der Waals surface area contributed by atoms with Crippen molar-refractivity contribution >= 4 is 5.97 Å². The maximum absolute atomic E-state index is 12.9. The normalized spacial score (nSPS) is 11.3. The lowest BCUT2D eigenvalue weighted by Gasteiger charge is -2.16. The predicted octanol–water partition coefficient (Wildman–Crippen LogP) is 3.09. The molecule has 0 radical (unpaired) electrons. The first-order valence-corrected chi connectivity index (χ1v) is 5.19. The monoisotopic (exact) mass is 294 g/mol. The van der Waals surface area contributed by atoms with E-state index >= 15 is 0 Å². The van der Waals surface area contributed by atoms with Crippen molar-refractivity contribution < 1.29 is 31.5 Å². The Hall–Kier alpha value is -2.24. The van der Waals surface area contributed by atoms with E-state index in [0.29, 0.717) is 6.20 Å². The number of hydrogen-bond donors (Lipinski definition) is 0. The highest BCUT2D eigenvalue weighted by atomic mass is 19.4. The Morgan fingerprint density at radius 2 is 2.10 bits per heavy atom. The maximum atomic E-state index is 12.9. The second-order valence-electron chi connectivity index (χ2n) is 3.44. The number of alkyl halides is 5. The number of hydrogen-bond acceptors (Lipinski definition) is 4. The lowest BCUT2D eigenvalue weighted by Crippen LogP contribution is -2.21. The van der Waals surface area contributed by atoms with Crippen LogP contribution in [0.3, 0.4) is 0 Å². The van der Waals surface area contributed by atoms with E-state index in [2.05, 4.69) is 9.72 Å². The zero-order valence-corrected chi connectivity index (χ0v) is 9.96. The molecule has 0 aliphatic rings. The highest BCUT2D eigenvalue weighted by molar-refractivity contribution is 5.94. The van der Waals surface area contributed by atoms with Gasteiger partial charge in [-0.3, -0.25) is 4.98 Å². The van der Waals surface area contributed by atoms with Gasteiger partial charge in [0.05, 0.1) is 23.3 Å². The number of carbonyl (C=O) groups excluding carboxylic acids is 1. The van der Waals surface area contributed by atoms with Gasteiger partial charge in [-0.25, -0.2) is 13.6 Å². The quantitative estimate of drug-likeness (QED) is 0.635. The van der Waals surface area contributed by atoms with Crippen LogP contribution in [-0.2, 0) is 10.9 Å². The van der Waals surface area contributed by atoms with Crippen LogP contribution < -0.4 is 0 Å². The highest BCUT2D eigenvalue weighted by Gasteiger charge is 2.42. The number of halogens is 5. The first-order chi connectivity index (χ1) is 9.23. The summed E-state index contributed by atoms with van der Waals surface area (Å²) in [5.74, 6) is -1.50. The fourth-order valence-electron chi connectivity index (χ4n) is 1.48. The number of aromatic nitrogens is 1. The minimum Gasteiger partial charge on any atom is -0.462 e. The molecule has 0 atom stereocenters. The summed E-state index contributed by atoms with van der Waals surface area (Å²) in [5, 5.41) is 8.70. The topological polar surface area (TPSA) is 63.0 Å². The summed E-state index contributed by atoms with van der Waals surface area (Å²) in [6, 6.07) is 1.31. The molecule has 0 bridgehead atoms. The molecular weight excluding hydrogens is 287 g/mol. The molecule has 20 heavy (non-hydrogen) atoms. The second kappa shape index (κ2) is 5.81. The summed E-state index contributed by atoms with van der Waals surface area (Å²) in [7, 11) is 0.